The largest absolute Gasteiger partial charge is 0.462 e. The molecule has 1 unspecified atom stereocenters. The lowest BCUT2D eigenvalue weighted by Crippen LogP contribution is -2.30. The Bertz CT molecular complexity index is 1770. The second kappa shape index (κ2) is 62.3. The number of carbonyl (C=O) groups excluding carboxylic acids is 3. The van der Waals surface area contributed by atoms with Crippen LogP contribution in [0.25, 0.3) is 0 Å². The first-order valence-electron chi connectivity index (χ1n) is 30.1. The molecule has 1 atom stereocenters. The minimum absolute atomic E-state index is 0.125. The summed E-state index contributed by atoms with van der Waals surface area (Å²) in [6, 6.07) is 0. The minimum atomic E-state index is -0.836. The van der Waals surface area contributed by atoms with E-state index in [1.54, 1.807) is 0 Å². The molecule has 424 valence electrons. The van der Waals surface area contributed by atoms with Crippen molar-refractivity contribution in [1.29, 1.82) is 0 Å². The van der Waals surface area contributed by atoms with Crippen LogP contribution in [-0.4, -0.2) is 37.2 Å². The quantitative estimate of drug-likeness (QED) is 0.0261. The summed E-state index contributed by atoms with van der Waals surface area (Å²) in [7, 11) is 0. The second-order valence-corrected chi connectivity index (χ2v) is 19.1. The van der Waals surface area contributed by atoms with E-state index in [-0.39, 0.29) is 44.0 Å². The van der Waals surface area contributed by atoms with Crippen molar-refractivity contribution in [2.45, 2.75) is 239 Å². The van der Waals surface area contributed by atoms with Crippen molar-refractivity contribution in [3.63, 3.8) is 0 Å². The van der Waals surface area contributed by atoms with Gasteiger partial charge < -0.3 is 14.2 Å². The molecular weight excluding hydrogens is 937 g/mol. The van der Waals surface area contributed by atoms with Crippen molar-refractivity contribution in [1.82, 2.24) is 0 Å². The highest BCUT2D eigenvalue weighted by Crippen LogP contribution is 2.12. The molecule has 0 aromatic rings. The van der Waals surface area contributed by atoms with Gasteiger partial charge in [0.1, 0.15) is 13.2 Å². The number of carbonyl (C=O) groups is 3. The second-order valence-electron chi connectivity index (χ2n) is 19.1. The molecule has 0 bridgehead atoms. The Kier molecular flexibility index (Phi) is 58.0. The SMILES string of the molecule is CC/C=C\C/C=C\C/C=C\C/C=C\C/C=C\C/C=C\C/C=C\CCCC(=O)OCC(COC(=O)CCCCCCC/C=C\C/C=C\CCCCCC)OC(=O)CCCCC/C=C\C/C=C\C/C=C\C/C=C\C/C=C\CC. The fraction of sp³-hybridized carbons (Fsp3) is 0.557. The summed E-state index contributed by atoms with van der Waals surface area (Å²) in [5, 5.41) is 0. The van der Waals surface area contributed by atoms with E-state index < -0.39 is 6.10 Å². The first-order valence-corrected chi connectivity index (χ1v) is 30.1. The summed E-state index contributed by atoms with van der Waals surface area (Å²) in [6.45, 7) is 6.29. The number of esters is 3. The lowest BCUT2D eigenvalue weighted by atomic mass is 10.1. The number of hydrogen-bond acceptors (Lipinski definition) is 6. The zero-order valence-electron chi connectivity index (χ0n) is 48.4. The van der Waals surface area contributed by atoms with Crippen LogP contribution < -0.4 is 0 Å². The van der Waals surface area contributed by atoms with Crippen molar-refractivity contribution in [3.8, 4) is 0 Å². The van der Waals surface area contributed by atoms with E-state index in [0.717, 1.165) is 148 Å². The van der Waals surface area contributed by atoms with Crippen molar-refractivity contribution in [2.24, 2.45) is 0 Å². The Balaban J connectivity index is 4.61. The molecule has 6 heteroatoms. The van der Waals surface area contributed by atoms with E-state index in [0.29, 0.717) is 19.3 Å². The van der Waals surface area contributed by atoms with Crippen molar-refractivity contribution in [2.75, 3.05) is 13.2 Å². The third-order valence-corrected chi connectivity index (χ3v) is 11.9. The van der Waals surface area contributed by atoms with E-state index in [9.17, 15) is 14.4 Å². The lowest BCUT2D eigenvalue weighted by molar-refractivity contribution is -0.167. The van der Waals surface area contributed by atoms with Gasteiger partial charge in [-0.05, 0) is 148 Å². The zero-order valence-corrected chi connectivity index (χ0v) is 48.4. The van der Waals surface area contributed by atoms with Crippen molar-refractivity contribution >= 4 is 17.9 Å². The predicted molar refractivity (Wildman–Crippen MR) is 329 cm³/mol. The Morgan fingerprint density at radius 3 is 0.868 bits per heavy atom. The average molecular weight is 1050 g/mol. The molecule has 0 rings (SSSR count). The van der Waals surface area contributed by atoms with Gasteiger partial charge in [0.2, 0.25) is 0 Å². The molecule has 0 aliphatic carbocycles. The lowest BCUT2D eigenvalue weighted by Gasteiger charge is -2.18. The molecule has 6 nitrogen and oxygen atoms in total. The number of allylic oxidation sites excluding steroid dienone is 28. The van der Waals surface area contributed by atoms with Crippen molar-refractivity contribution < 1.29 is 28.6 Å². The Morgan fingerprint density at radius 2 is 0.526 bits per heavy atom. The molecule has 0 aliphatic rings. The number of rotatable bonds is 52. The molecule has 0 heterocycles. The smallest absolute Gasteiger partial charge is 0.306 e. The van der Waals surface area contributed by atoms with Crippen LogP contribution >= 0.6 is 0 Å². The molecule has 0 amide bonds. The van der Waals surface area contributed by atoms with Crippen molar-refractivity contribution in [3.05, 3.63) is 170 Å². The first kappa shape index (κ1) is 70.8. The summed E-state index contributed by atoms with van der Waals surface area (Å²) >= 11 is 0. The highest BCUT2D eigenvalue weighted by atomic mass is 16.6. The van der Waals surface area contributed by atoms with Gasteiger partial charge in [0.25, 0.3) is 0 Å². The summed E-state index contributed by atoms with van der Waals surface area (Å²) in [5.41, 5.74) is 0. The topological polar surface area (TPSA) is 78.9 Å². The first-order chi connectivity index (χ1) is 37.5. The van der Waals surface area contributed by atoms with Gasteiger partial charge in [0.05, 0.1) is 0 Å². The average Bonchev–Trinajstić information content (AvgIpc) is 3.42. The normalized spacial score (nSPS) is 13.4. The van der Waals surface area contributed by atoms with E-state index in [4.69, 9.17) is 14.2 Å². The third kappa shape index (κ3) is 59.6. The van der Waals surface area contributed by atoms with E-state index >= 15 is 0 Å². The summed E-state index contributed by atoms with van der Waals surface area (Å²) in [6.07, 6.45) is 92.0. The molecule has 0 fully saturated rings. The summed E-state index contributed by atoms with van der Waals surface area (Å²) < 4.78 is 16.8. The van der Waals surface area contributed by atoms with Gasteiger partial charge in [-0.15, -0.1) is 0 Å². The summed E-state index contributed by atoms with van der Waals surface area (Å²) in [5.74, 6) is -1.04. The van der Waals surface area contributed by atoms with Crippen LogP contribution in [0.1, 0.15) is 233 Å². The van der Waals surface area contributed by atoms with Crippen LogP contribution in [0.5, 0.6) is 0 Å². The number of ether oxygens (including phenoxy) is 3. The maximum Gasteiger partial charge on any atom is 0.306 e. The Labute approximate surface area is 466 Å². The minimum Gasteiger partial charge on any atom is -0.462 e. The number of hydrogen-bond donors (Lipinski definition) is 0. The van der Waals surface area contributed by atoms with E-state index in [1.807, 2.05) is 0 Å². The Morgan fingerprint density at radius 1 is 0.276 bits per heavy atom. The molecule has 76 heavy (non-hydrogen) atoms. The van der Waals surface area contributed by atoms with Crippen LogP contribution in [0.2, 0.25) is 0 Å². The van der Waals surface area contributed by atoms with Crippen LogP contribution in [0.4, 0.5) is 0 Å². The van der Waals surface area contributed by atoms with Gasteiger partial charge >= 0.3 is 17.9 Å². The monoisotopic (exact) mass is 1040 g/mol. The van der Waals surface area contributed by atoms with Gasteiger partial charge in [0.15, 0.2) is 6.10 Å². The van der Waals surface area contributed by atoms with Gasteiger partial charge in [-0.2, -0.15) is 0 Å². The number of unbranched alkanes of at least 4 members (excludes halogenated alkanes) is 13. The van der Waals surface area contributed by atoms with Crippen LogP contribution in [0, 0.1) is 0 Å². The molecule has 0 aliphatic heterocycles. The third-order valence-electron chi connectivity index (χ3n) is 11.9. The maximum absolute atomic E-state index is 12.9. The molecule has 0 N–H and O–H groups in total. The van der Waals surface area contributed by atoms with Gasteiger partial charge in [-0.3, -0.25) is 14.4 Å². The van der Waals surface area contributed by atoms with Crippen LogP contribution in [-0.2, 0) is 28.6 Å². The fourth-order valence-corrected chi connectivity index (χ4v) is 7.49. The van der Waals surface area contributed by atoms with Crippen LogP contribution in [0.3, 0.4) is 0 Å². The standard InChI is InChI=1S/C70H108O6/c1-4-7-10-13-16-19-22-25-28-31-33-34-35-36-38-39-42-45-48-51-54-57-60-63-69(72)75-66-67(65-74-68(71)62-59-56-53-50-47-44-41-30-27-24-21-18-15-12-9-6-3)76-70(73)64-61-58-55-52-49-46-43-40-37-32-29-26-23-20-17-14-11-8-5-2/h7-8,10-11,16-17,19-21,24-26,28-30,33-34,36-38,40-42,45-46,49,51,54,67H,4-6,9,12-15,18,22-23,27,31-32,35,39,43-44,47-48,50,52-53,55-66H2,1-3H3/b10-7-,11-8-,19-16-,20-17-,24-21-,28-25-,29-26-,34-33-,38-36-,40-37-,41-30-,45-42-,49-46-,54-51-. The zero-order chi connectivity index (χ0) is 55.0. The van der Waals surface area contributed by atoms with Gasteiger partial charge in [-0.25, -0.2) is 0 Å². The molecule has 0 radical (unpaired) electrons. The van der Waals surface area contributed by atoms with Gasteiger partial charge in [0, 0.05) is 19.3 Å². The highest BCUT2D eigenvalue weighted by molar-refractivity contribution is 5.71. The summed E-state index contributed by atoms with van der Waals surface area (Å²) in [4.78, 5) is 38.2. The highest BCUT2D eigenvalue weighted by Gasteiger charge is 2.19. The van der Waals surface area contributed by atoms with E-state index in [2.05, 4.69) is 191 Å². The molecule has 0 saturated carbocycles. The van der Waals surface area contributed by atoms with E-state index in [1.165, 1.54) is 32.1 Å². The maximum atomic E-state index is 12.9. The Hall–Kier alpha value is -5.23. The molecule has 0 aromatic carbocycles. The van der Waals surface area contributed by atoms with Gasteiger partial charge in [-0.1, -0.05) is 236 Å². The van der Waals surface area contributed by atoms with Crippen LogP contribution in [0.15, 0.2) is 170 Å². The fourth-order valence-electron chi connectivity index (χ4n) is 7.49. The molecule has 0 spiro atoms. The molecular formula is C70H108O6. The predicted octanol–water partition coefficient (Wildman–Crippen LogP) is 20.7. The molecule has 0 saturated heterocycles. The molecule has 0 aromatic heterocycles.